The minimum Gasteiger partial charge on any atom is -0.354 e. The first-order chi connectivity index (χ1) is 12.0. The van der Waals surface area contributed by atoms with E-state index in [9.17, 15) is 9.59 Å². The van der Waals surface area contributed by atoms with Crippen molar-refractivity contribution in [1.29, 1.82) is 0 Å². The molecule has 6 nitrogen and oxygen atoms in total. The van der Waals surface area contributed by atoms with Crippen LogP contribution in [0.4, 0.5) is 5.69 Å². The summed E-state index contributed by atoms with van der Waals surface area (Å²) in [6.45, 7) is 4.01. The predicted molar refractivity (Wildman–Crippen MR) is 100 cm³/mol. The van der Waals surface area contributed by atoms with Crippen LogP contribution in [-0.2, 0) is 11.2 Å². The van der Waals surface area contributed by atoms with Gasteiger partial charge in [0.05, 0.1) is 0 Å². The van der Waals surface area contributed by atoms with Crippen LogP contribution < -0.4 is 10.6 Å². The maximum atomic E-state index is 12.2. The first-order valence-electron chi connectivity index (χ1n) is 8.16. The lowest BCUT2D eigenvalue weighted by Gasteiger charge is -2.10. The van der Waals surface area contributed by atoms with E-state index in [-0.39, 0.29) is 17.9 Å². The molecule has 2 N–H and O–H groups in total. The Balaban J connectivity index is 1.81. The second-order valence-corrected chi connectivity index (χ2v) is 7.19. The smallest absolute Gasteiger partial charge is 0.286 e. The maximum Gasteiger partial charge on any atom is 0.286 e. The Hall–Kier alpha value is -1.99. The highest BCUT2D eigenvalue weighted by molar-refractivity contribution is 7.13. The molecular formula is C17H21ClN4O2S. The summed E-state index contributed by atoms with van der Waals surface area (Å²) >= 11 is 7.13. The second kappa shape index (κ2) is 9.48. The van der Waals surface area contributed by atoms with Gasteiger partial charge in [-0.15, -0.1) is 10.2 Å². The van der Waals surface area contributed by atoms with Crippen LogP contribution in [0.3, 0.4) is 0 Å². The summed E-state index contributed by atoms with van der Waals surface area (Å²) in [4.78, 5) is 23.9. The average Bonchev–Trinajstić information content (AvgIpc) is 3.03. The van der Waals surface area contributed by atoms with Gasteiger partial charge in [-0.3, -0.25) is 9.59 Å². The molecule has 0 bridgehead atoms. The normalized spacial score (nSPS) is 11.8. The van der Waals surface area contributed by atoms with Crippen LogP contribution in [0, 0.1) is 0 Å². The molecular weight excluding hydrogens is 360 g/mol. The summed E-state index contributed by atoms with van der Waals surface area (Å²) in [7, 11) is 0. The fourth-order valence-electron chi connectivity index (χ4n) is 2.05. The largest absolute Gasteiger partial charge is 0.354 e. The van der Waals surface area contributed by atoms with Crippen LogP contribution in [0.25, 0.3) is 0 Å². The number of rotatable bonds is 8. The first-order valence-corrected chi connectivity index (χ1v) is 9.36. The van der Waals surface area contributed by atoms with Gasteiger partial charge in [-0.25, -0.2) is 0 Å². The van der Waals surface area contributed by atoms with Gasteiger partial charge >= 0.3 is 0 Å². The van der Waals surface area contributed by atoms with E-state index in [1.165, 1.54) is 11.3 Å². The number of carbonyl (C=O) groups excluding carboxylic acids is 2. The molecule has 1 aromatic carbocycles. The Morgan fingerprint density at radius 1 is 1.32 bits per heavy atom. The second-order valence-electron chi connectivity index (χ2n) is 5.70. The van der Waals surface area contributed by atoms with E-state index in [2.05, 4.69) is 20.8 Å². The third-order valence-corrected chi connectivity index (χ3v) is 4.77. The third-order valence-electron chi connectivity index (χ3n) is 3.56. The van der Waals surface area contributed by atoms with E-state index < -0.39 is 0 Å². The molecule has 0 saturated heterocycles. The van der Waals surface area contributed by atoms with Crippen LogP contribution in [0.5, 0.6) is 0 Å². The van der Waals surface area contributed by atoms with Crippen molar-refractivity contribution >= 4 is 40.4 Å². The molecule has 0 saturated carbocycles. The average molecular weight is 381 g/mol. The monoisotopic (exact) mass is 380 g/mol. The molecule has 134 valence electrons. The molecule has 2 amide bonds. The van der Waals surface area contributed by atoms with Gasteiger partial charge in [-0.1, -0.05) is 35.9 Å². The van der Waals surface area contributed by atoms with E-state index in [1.54, 1.807) is 24.3 Å². The molecule has 2 aromatic rings. The van der Waals surface area contributed by atoms with Crippen molar-refractivity contribution < 1.29 is 9.59 Å². The summed E-state index contributed by atoms with van der Waals surface area (Å²) < 4.78 is 0. The number of hydrogen-bond donors (Lipinski definition) is 2. The van der Waals surface area contributed by atoms with Crippen molar-refractivity contribution in [2.75, 3.05) is 5.32 Å². The quantitative estimate of drug-likeness (QED) is 0.731. The van der Waals surface area contributed by atoms with E-state index in [0.717, 1.165) is 11.4 Å². The number of amides is 2. The SMILES string of the molecule is CC[C@H](C)NC(=O)CCCc1nnc(C(=O)Nc2cccc(Cl)c2)s1. The van der Waals surface area contributed by atoms with Crippen LogP contribution in [0.15, 0.2) is 24.3 Å². The van der Waals surface area contributed by atoms with E-state index in [0.29, 0.717) is 35.0 Å². The molecule has 25 heavy (non-hydrogen) atoms. The Kier molecular flexibility index (Phi) is 7.33. The number of nitrogens with one attached hydrogen (secondary N) is 2. The topological polar surface area (TPSA) is 84.0 Å². The van der Waals surface area contributed by atoms with Crippen LogP contribution >= 0.6 is 22.9 Å². The number of nitrogens with zero attached hydrogens (tertiary/aromatic N) is 2. The zero-order valence-electron chi connectivity index (χ0n) is 14.2. The van der Waals surface area contributed by atoms with E-state index in [1.807, 2.05) is 13.8 Å². The zero-order valence-corrected chi connectivity index (χ0v) is 15.8. The number of anilines is 1. The van der Waals surface area contributed by atoms with Gasteiger partial charge in [-0.05, 0) is 38.0 Å². The molecule has 1 heterocycles. The highest BCUT2D eigenvalue weighted by Gasteiger charge is 2.14. The predicted octanol–water partition coefficient (Wildman–Crippen LogP) is 3.68. The Bertz CT molecular complexity index is 735. The molecule has 0 aliphatic rings. The number of hydrogen-bond acceptors (Lipinski definition) is 5. The summed E-state index contributed by atoms with van der Waals surface area (Å²) in [6.07, 6.45) is 2.64. The van der Waals surface area contributed by atoms with Gasteiger partial charge in [-0.2, -0.15) is 0 Å². The molecule has 1 atom stereocenters. The van der Waals surface area contributed by atoms with Crippen molar-refractivity contribution in [3.63, 3.8) is 0 Å². The zero-order chi connectivity index (χ0) is 18.2. The van der Waals surface area contributed by atoms with Crippen molar-refractivity contribution in [1.82, 2.24) is 15.5 Å². The lowest BCUT2D eigenvalue weighted by Crippen LogP contribution is -2.31. The molecule has 0 fully saturated rings. The van der Waals surface area contributed by atoms with E-state index >= 15 is 0 Å². The van der Waals surface area contributed by atoms with Crippen LogP contribution in [0.1, 0.15) is 47.9 Å². The van der Waals surface area contributed by atoms with Gasteiger partial charge in [0.25, 0.3) is 5.91 Å². The molecule has 0 unspecified atom stereocenters. The number of benzene rings is 1. The van der Waals surface area contributed by atoms with Gasteiger partial charge in [0, 0.05) is 29.6 Å². The number of aromatic nitrogens is 2. The number of halogens is 1. The highest BCUT2D eigenvalue weighted by atomic mass is 35.5. The Morgan fingerprint density at radius 2 is 2.12 bits per heavy atom. The maximum absolute atomic E-state index is 12.2. The molecule has 0 spiro atoms. The highest BCUT2D eigenvalue weighted by Crippen LogP contribution is 2.18. The summed E-state index contributed by atoms with van der Waals surface area (Å²) in [5.41, 5.74) is 0.607. The first kappa shape index (κ1) is 19.3. The van der Waals surface area contributed by atoms with Crippen molar-refractivity contribution in [2.45, 2.75) is 45.6 Å². The molecule has 2 rings (SSSR count). The standard InChI is InChI=1S/C17H21ClN4O2S/c1-3-11(2)19-14(23)8-5-9-15-21-22-17(25-15)16(24)20-13-7-4-6-12(18)10-13/h4,6-7,10-11H,3,5,8-9H2,1-2H3,(H,19,23)(H,20,24)/t11-/m0/s1. The fraction of sp³-hybridized carbons (Fsp3) is 0.412. The lowest BCUT2D eigenvalue weighted by molar-refractivity contribution is -0.121. The molecule has 0 aliphatic carbocycles. The summed E-state index contributed by atoms with van der Waals surface area (Å²) in [6, 6.07) is 7.10. The Labute approximate surface area is 156 Å². The number of carbonyl (C=O) groups is 2. The molecule has 8 heteroatoms. The molecule has 0 aliphatic heterocycles. The molecule has 1 aromatic heterocycles. The van der Waals surface area contributed by atoms with Gasteiger partial charge < -0.3 is 10.6 Å². The van der Waals surface area contributed by atoms with Crippen molar-refractivity contribution in [2.24, 2.45) is 0 Å². The number of aryl methyl sites for hydroxylation is 1. The van der Waals surface area contributed by atoms with Gasteiger partial charge in [0.2, 0.25) is 10.9 Å². The summed E-state index contributed by atoms with van der Waals surface area (Å²) in [5, 5.41) is 15.2. The van der Waals surface area contributed by atoms with Crippen molar-refractivity contribution in [3.05, 3.63) is 39.3 Å². The van der Waals surface area contributed by atoms with Crippen LogP contribution in [-0.4, -0.2) is 28.1 Å². The minimum absolute atomic E-state index is 0.0396. The van der Waals surface area contributed by atoms with Gasteiger partial charge in [0.1, 0.15) is 5.01 Å². The lowest BCUT2D eigenvalue weighted by atomic mass is 10.2. The minimum atomic E-state index is -0.319. The van der Waals surface area contributed by atoms with Crippen LogP contribution in [0.2, 0.25) is 5.02 Å². The third kappa shape index (κ3) is 6.43. The van der Waals surface area contributed by atoms with E-state index in [4.69, 9.17) is 11.6 Å². The fourth-order valence-corrected chi connectivity index (χ4v) is 3.01. The summed E-state index contributed by atoms with van der Waals surface area (Å²) in [5.74, 6) is -0.279. The Morgan fingerprint density at radius 3 is 2.84 bits per heavy atom. The molecule has 0 radical (unpaired) electrons. The van der Waals surface area contributed by atoms with Gasteiger partial charge in [0.15, 0.2) is 0 Å². The van der Waals surface area contributed by atoms with Crippen molar-refractivity contribution in [3.8, 4) is 0 Å².